The van der Waals surface area contributed by atoms with E-state index in [1.54, 1.807) is 7.11 Å². The van der Waals surface area contributed by atoms with Gasteiger partial charge in [-0.25, -0.2) is 0 Å². The Kier molecular flexibility index (Phi) is 6.35. The van der Waals surface area contributed by atoms with E-state index in [0.29, 0.717) is 11.8 Å². The monoisotopic (exact) mass is 267 g/mol. The first kappa shape index (κ1) is 16.0. The summed E-state index contributed by atoms with van der Waals surface area (Å²) in [6.07, 6.45) is 2.91. The second-order valence-corrected chi connectivity index (χ2v) is 5.46. The van der Waals surface area contributed by atoms with Crippen LogP contribution < -0.4 is 10.1 Å². The van der Waals surface area contributed by atoms with Crippen LogP contribution in [0.3, 0.4) is 0 Å². The van der Waals surface area contributed by atoms with E-state index in [-0.39, 0.29) is 6.04 Å². The van der Waals surface area contributed by atoms with Gasteiger partial charge in [-0.15, -0.1) is 0 Å². The smallest absolute Gasteiger partial charge is 0.161 e. The Labute approximate surface area is 117 Å². The number of aryl methyl sites for hydroxylation is 1. The molecule has 0 spiro atoms. The topological polar surface area (TPSA) is 39.1 Å². The number of hydrogen-bond acceptors (Lipinski definition) is 3. The van der Waals surface area contributed by atoms with Gasteiger partial charge in [0.25, 0.3) is 0 Å². The van der Waals surface area contributed by atoms with Crippen LogP contribution in [0.2, 0.25) is 0 Å². The van der Waals surface area contributed by atoms with Crippen LogP contribution in [0.5, 0.6) is 5.75 Å². The Morgan fingerprint density at radius 3 is 2.47 bits per heavy atom. The Balaban J connectivity index is 3.15. The lowest BCUT2D eigenvalue weighted by Gasteiger charge is -2.29. The Bertz CT molecular complexity index is 373. The summed E-state index contributed by atoms with van der Waals surface area (Å²) in [5.74, 6) is 2.03. The molecule has 0 fully saturated rings. The molecular weight excluding hydrogens is 238 g/mol. The lowest BCUT2D eigenvalue weighted by molar-refractivity contribution is 0.283. The van der Waals surface area contributed by atoms with Crippen LogP contribution in [0.4, 0.5) is 0 Å². The third kappa shape index (κ3) is 3.72. The van der Waals surface area contributed by atoms with Crippen molar-refractivity contribution in [3.05, 3.63) is 11.9 Å². The van der Waals surface area contributed by atoms with E-state index in [1.165, 1.54) is 5.69 Å². The van der Waals surface area contributed by atoms with Gasteiger partial charge in [-0.3, -0.25) is 4.68 Å². The second-order valence-electron chi connectivity index (χ2n) is 5.46. The third-order valence-electron chi connectivity index (χ3n) is 3.80. The zero-order chi connectivity index (χ0) is 14.4. The molecule has 110 valence electrons. The summed E-state index contributed by atoms with van der Waals surface area (Å²) in [6.45, 7) is 13.0. The molecular formula is C15H29N3O. The lowest BCUT2D eigenvalue weighted by atomic mass is 9.88. The highest BCUT2D eigenvalue weighted by atomic mass is 16.5. The van der Waals surface area contributed by atoms with Crippen LogP contribution in [0.1, 0.15) is 52.8 Å². The van der Waals surface area contributed by atoms with E-state index < -0.39 is 0 Å². The van der Waals surface area contributed by atoms with E-state index in [4.69, 9.17) is 4.74 Å². The van der Waals surface area contributed by atoms with E-state index >= 15 is 0 Å². The zero-order valence-corrected chi connectivity index (χ0v) is 13.2. The van der Waals surface area contributed by atoms with Crippen LogP contribution in [-0.4, -0.2) is 23.4 Å². The number of nitrogens with zero attached hydrogens (tertiary/aromatic N) is 2. The molecule has 0 amide bonds. The average molecular weight is 267 g/mol. The first-order chi connectivity index (χ1) is 9.06. The molecule has 2 unspecified atom stereocenters. The number of rotatable bonds is 8. The predicted molar refractivity (Wildman–Crippen MR) is 79.5 cm³/mol. The summed E-state index contributed by atoms with van der Waals surface area (Å²) in [4.78, 5) is 0. The molecule has 4 heteroatoms. The van der Waals surface area contributed by atoms with E-state index in [0.717, 1.165) is 25.3 Å². The molecule has 0 aliphatic carbocycles. The van der Waals surface area contributed by atoms with Crippen molar-refractivity contribution in [1.29, 1.82) is 0 Å². The number of hydrogen-bond donors (Lipinski definition) is 1. The molecule has 4 nitrogen and oxygen atoms in total. The van der Waals surface area contributed by atoms with Crippen LogP contribution in [0, 0.1) is 11.8 Å². The van der Waals surface area contributed by atoms with Gasteiger partial charge in [0.15, 0.2) is 5.75 Å². The van der Waals surface area contributed by atoms with Crippen molar-refractivity contribution in [2.75, 3.05) is 13.7 Å². The number of methoxy groups -OCH3 is 1. The standard InChI is InChI=1S/C15H29N3O/c1-7-9-18-15(13(19-6)10-17-18)14(16-8-2)12(5)11(3)4/h10-12,14,16H,7-9H2,1-6H3. The van der Waals surface area contributed by atoms with E-state index in [9.17, 15) is 0 Å². The fraction of sp³-hybridized carbons (Fsp3) is 0.800. The summed E-state index contributed by atoms with van der Waals surface area (Å²) in [5, 5.41) is 8.07. The predicted octanol–water partition coefficient (Wildman–Crippen LogP) is 3.24. The van der Waals surface area contributed by atoms with Gasteiger partial charge >= 0.3 is 0 Å². The molecule has 1 N–H and O–H groups in total. The largest absolute Gasteiger partial charge is 0.493 e. The molecule has 0 saturated carbocycles. The molecule has 2 atom stereocenters. The molecule has 0 aromatic carbocycles. The van der Waals surface area contributed by atoms with Gasteiger partial charge in [0.1, 0.15) is 0 Å². The average Bonchev–Trinajstić information content (AvgIpc) is 2.78. The summed E-state index contributed by atoms with van der Waals surface area (Å²) < 4.78 is 7.59. The Hall–Kier alpha value is -1.03. The lowest BCUT2D eigenvalue weighted by Crippen LogP contribution is -2.32. The highest BCUT2D eigenvalue weighted by molar-refractivity contribution is 5.29. The van der Waals surface area contributed by atoms with Gasteiger partial charge in [-0.1, -0.05) is 34.6 Å². The van der Waals surface area contributed by atoms with E-state index in [2.05, 4.69) is 49.7 Å². The van der Waals surface area contributed by atoms with Gasteiger partial charge < -0.3 is 10.1 Å². The molecule has 1 rings (SSSR count). The highest BCUT2D eigenvalue weighted by Crippen LogP contribution is 2.33. The first-order valence-electron chi connectivity index (χ1n) is 7.39. The summed E-state index contributed by atoms with van der Waals surface area (Å²) in [5.41, 5.74) is 1.19. The first-order valence-corrected chi connectivity index (χ1v) is 7.39. The summed E-state index contributed by atoms with van der Waals surface area (Å²) >= 11 is 0. The normalized spacial score (nSPS) is 14.7. The maximum absolute atomic E-state index is 5.51. The van der Waals surface area contributed by atoms with Crippen molar-refractivity contribution in [2.45, 2.75) is 53.6 Å². The minimum atomic E-state index is 0.286. The van der Waals surface area contributed by atoms with Crippen LogP contribution in [0.15, 0.2) is 6.20 Å². The van der Waals surface area contributed by atoms with Crippen molar-refractivity contribution in [3.63, 3.8) is 0 Å². The molecule has 0 bridgehead atoms. The summed E-state index contributed by atoms with van der Waals surface area (Å²) in [7, 11) is 1.72. The van der Waals surface area contributed by atoms with Gasteiger partial charge in [-0.2, -0.15) is 5.10 Å². The fourth-order valence-corrected chi connectivity index (χ4v) is 2.38. The molecule has 0 aliphatic heterocycles. The molecule has 0 aliphatic rings. The molecule has 0 radical (unpaired) electrons. The SMILES string of the molecule is CCCn1ncc(OC)c1C(NCC)C(C)C(C)C. The minimum Gasteiger partial charge on any atom is -0.493 e. The molecule has 1 heterocycles. The van der Waals surface area contributed by atoms with Crippen molar-refractivity contribution in [3.8, 4) is 5.75 Å². The zero-order valence-electron chi connectivity index (χ0n) is 13.2. The fourth-order valence-electron chi connectivity index (χ4n) is 2.38. The van der Waals surface area contributed by atoms with E-state index in [1.807, 2.05) is 6.20 Å². The van der Waals surface area contributed by atoms with Crippen molar-refractivity contribution in [1.82, 2.24) is 15.1 Å². The molecule has 19 heavy (non-hydrogen) atoms. The summed E-state index contributed by atoms with van der Waals surface area (Å²) in [6, 6.07) is 0.286. The molecule has 1 aromatic rings. The maximum atomic E-state index is 5.51. The highest BCUT2D eigenvalue weighted by Gasteiger charge is 2.27. The van der Waals surface area contributed by atoms with Gasteiger partial charge in [0.2, 0.25) is 0 Å². The maximum Gasteiger partial charge on any atom is 0.161 e. The van der Waals surface area contributed by atoms with Crippen molar-refractivity contribution in [2.24, 2.45) is 11.8 Å². The molecule has 1 aromatic heterocycles. The third-order valence-corrected chi connectivity index (χ3v) is 3.80. The van der Waals surface area contributed by atoms with Gasteiger partial charge in [0.05, 0.1) is 25.0 Å². The Morgan fingerprint density at radius 1 is 1.32 bits per heavy atom. The molecule has 0 saturated heterocycles. The van der Waals surface area contributed by atoms with Gasteiger partial charge in [-0.05, 0) is 24.8 Å². The Morgan fingerprint density at radius 2 is 2.00 bits per heavy atom. The van der Waals surface area contributed by atoms with Crippen molar-refractivity contribution < 1.29 is 4.74 Å². The quantitative estimate of drug-likeness (QED) is 0.786. The van der Waals surface area contributed by atoms with Crippen LogP contribution in [-0.2, 0) is 6.54 Å². The minimum absolute atomic E-state index is 0.286. The van der Waals surface area contributed by atoms with Gasteiger partial charge in [0, 0.05) is 6.54 Å². The van der Waals surface area contributed by atoms with Crippen molar-refractivity contribution >= 4 is 0 Å². The number of nitrogens with one attached hydrogen (secondary N) is 1. The van der Waals surface area contributed by atoms with Crippen LogP contribution >= 0.6 is 0 Å². The number of aromatic nitrogens is 2. The number of ether oxygens (including phenoxy) is 1. The van der Waals surface area contributed by atoms with Crippen LogP contribution in [0.25, 0.3) is 0 Å². The second kappa shape index (κ2) is 7.53.